The topological polar surface area (TPSA) is 75.4 Å². The summed E-state index contributed by atoms with van der Waals surface area (Å²) in [4.78, 5) is 24.6. The Morgan fingerprint density at radius 3 is 2.57 bits per heavy atom. The van der Waals surface area contributed by atoms with Crippen molar-refractivity contribution in [3.8, 4) is 0 Å². The number of hydrogen-bond donors (Lipinski definition) is 1. The molecular weight excluding hydrogens is 270 g/mol. The summed E-state index contributed by atoms with van der Waals surface area (Å²) >= 11 is 0. The van der Waals surface area contributed by atoms with Crippen LogP contribution in [-0.2, 0) is 18.3 Å². The lowest BCUT2D eigenvalue weighted by molar-refractivity contribution is -0.137. The zero-order valence-electron chi connectivity index (χ0n) is 11.8. The standard InChI is InChI=1S/C15H17N3O3/c1-17-10-13(9-16-17)15(21)18(11-14(19)20)8-7-12-5-3-2-4-6-12/h2-6,9-10H,7-8,11H2,1H3,(H,19,20). The van der Waals surface area contributed by atoms with E-state index < -0.39 is 5.97 Å². The Balaban J connectivity index is 2.07. The van der Waals surface area contributed by atoms with Gasteiger partial charge in [-0.15, -0.1) is 0 Å². The Morgan fingerprint density at radius 1 is 1.29 bits per heavy atom. The molecule has 0 unspecified atom stereocenters. The molecule has 6 heteroatoms. The first-order chi connectivity index (χ1) is 10.1. The second-order valence-electron chi connectivity index (χ2n) is 4.76. The van der Waals surface area contributed by atoms with Crippen molar-refractivity contribution in [2.24, 2.45) is 7.05 Å². The van der Waals surface area contributed by atoms with Gasteiger partial charge in [-0.25, -0.2) is 0 Å². The smallest absolute Gasteiger partial charge is 0.323 e. The Kier molecular flexibility index (Phi) is 4.71. The summed E-state index contributed by atoms with van der Waals surface area (Å²) in [5.41, 5.74) is 1.46. The van der Waals surface area contributed by atoms with Crippen LogP contribution in [0, 0.1) is 0 Å². The van der Waals surface area contributed by atoms with Crippen LogP contribution in [0.3, 0.4) is 0 Å². The number of aromatic nitrogens is 2. The number of carboxylic acids is 1. The largest absolute Gasteiger partial charge is 0.480 e. The lowest BCUT2D eigenvalue weighted by atomic mass is 10.1. The van der Waals surface area contributed by atoms with Crippen molar-refractivity contribution >= 4 is 11.9 Å². The van der Waals surface area contributed by atoms with Gasteiger partial charge in [-0.3, -0.25) is 14.3 Å². The van der Waals surface area contributed by atoms with Crippen LogP contribution in [0.25, 0.3) is 0 Å². The van der Waals surface area contributed by atoms with Gasteiger partial charge in [0.25, 0.3) is 5.91 Å². The van der Waals surface area contributed by atoms with Crippen molar-refractivity contribution in [2.45, 2.75) is 6.42 Å². The third kappa shape index (κ3) is 4.17. The summed E-state index contributed by atoms with van der Waals surface area (Å²) in [6, 6.07) is 9.65. The van der Waals surface area contributed by atoms with E-state index >= 15 is 0 Å². The van der Waals surface area contributed by atoms with Crippen LogP contribution < -0.4 is 0 Å². The molecule has 1 aromatic heterocycles. The number of rotatable bonds is 6. The highest BCUT2D eigenvalue weighted by Gasteiger charge is 2.19. The SMILES string of the molecule is Cn1cc(C(=O)N(CCc2ccccc2)CC(=O)O)cn1. The highest BCUT2D eigenvalue weighted by atomic mass is 16.4. The fourth-order valence-electron chi connectivity index (χ4n) is 2.04. The molecule has 21 heavy (non-hydrogen) atoms. The minimum atomic E-state index is -1.03. The lowest BCUT2D eigenvalue weighted by Gasteiger charge is -2.20. The average molecular weight is 287 g/mol. The maximum absolute atomic E-state index is 12.3. The normalized spacial score (nSPS) is 10.3. The summed E-state index contributed by atoms with van der Waals surface area (Å²) in [5.74, 6) is -1.35. The van der Waals surface area contributed by atoms with Crippen molar-refractivity contribution in [2.75, 3.05) is 13.1 Å². The molecule has 0 saturated heterocycles. The molecule has 1 heterocycles. The number of nitrogens with zero attached hydrogens (tertiary/aromatic N) is 3. The van der Waals surface area contributed by atoms with Crippen LogP contribution in [0.15, 0.2) is 42.7 Å². The molecule has 110 valence electrons. The Labute approximate surface area is 122 Å². The van der Waals surface area contributed by atoms with E-state index in [-0.39, 0.29) is 12.5 Å². The van der Waals surface area contributed by atoms with Crippen LogP contribution in [-0.4, -0.2) is 44.8 Å². The number of carbonyl (C=O) groups is 2. The van der Waals surface area contributed by atoms with Crippen molar-refractivity contribution in [3.63, 3.8) is 0 Å². The highest BCUT2D eigenvalue weighted by Crippen LogP contribution is 2.07. The summed E-state index contributed by atoms with van der Waals surface area (Å²) in [7, 11) is 1.71. The number of aryl methyl sites for hydroxylation is 1. The molecule has 0 atom stereocenters. The van der Waals surface area contributed by atoms with Crippen molar-refractivity contribution in [1.82, 2.24) is 14.7 Å². The number of aliphatic carboxylic acids is 1. The Bertz CT molecular complexity index is 622. The van der Waals surface area contributed by atoms with Gasteiger partial charge >= 0.3 is 5.97 Å². The summed E-state index contributed by atoms with van der Waals surface area (Å²) in [6.45, 7) is 0.0323. The summed E-state index contributed by atoms with van der Waals surface area (Å²) in [6.07, 6.45) is 3.64. The van der Waals surface area contributed by atoms with Gasteiger partial charge in [-0.05, 0) is 12.0 Å². The van der Waals surface area contributed by atoms with E-state index in [0.29, 0.717) is 18.5 Å². The molecule has 0 spiro atoms. The van der Waals surface area contributed by atoms with Crippen LogP contribution in [0.1, 0.15) is 15.9 Å². The number of amides is 1. The van der Waals surface area contributed by atoms with E-state index in [1.54, 1.807) is 13.2 Å². The first-order valence-corrected chi connectivity index (χ1v) is 6.60. The van der Waals surface area contributed by atoms with Gasteiger partial charge in [-0.1, -0.05) is 30.3 Å². The molecule has 0 aliphatic carbocycles. The zero-order valence-corrected chi connectivity index (χ0v) is 11.8. The van der Waals surface area contributed by atoms with Gasteiger partial charge in [-0.2, -0.15) is 5.10 Å². The van der Waals surface area contributed by atoms with Gasteiger partial charge < -0.3 is 10.0 Å². The lowest BCUT2D eigenvalue weighted by Crippen LogP contribution is -2.37. The maximum Gasteiger partial charge on any atom is 0.323 e. The Morgan fingerprint density at radius 2 is 2.00 bits per heavy atom. The van der Waals surface area contributed by atoms with E-state index in [2.05, 4.69) is 5.10 Å². The molecule has 0 saturated carbocycles. The monoisotopic (exact) mass is 287 g/mol. The molecule has 6 nitrogen and oxygen atoms in total. The van der Waals surface area contributed by atoms with Gasteiger partial charge in [0.05, 0.1) is 11.8 Å². The molecule has 0 fully saturated rings. The maximum atomic E-state index is 12.3. The van der Waals surface area contributed by atoms with E-state index in [4.69, 9.17) is 5.11 Å². The fraction of sp³-hybridized carbons (Fsp3) is 0.267. The first kappa shape index (κ1) is 14.8. The van der Waals surface area contributed by atoms with Gasteiger partial charge in [0.15, 0.2) is 0 Å². The van der Waals surface area contributed by atoms with Crippen molar-refractivity contribution < 1.29 is 14.7 Å². The summed E-state index contributed by atoms with van der Waals surface area (Å²) in [5, 5.41) is 12.9. The molecular formula is C15H17N3O3. The zero-order chi connectivity index (χ0) is 15.2. The minimum absolute atomic E-state index is 0.318. The molecule has 0 aliphatic rings. The molecule has 1 N–H and O–H groups in total. The van der Waals surface area contributed by atoms with E-state index in [0.717, 1.165) is 5.56 Å². The summed E-state index contributed by atoms with van der Waals surface area (Å²) < 4.78 is 1.52. The van der Waals surface area contributed by atoms with E-state index in [9.17, 15) is 9.59 Å². The van der Waals surface area contributed by atoms with Crippen molar-refractivity contribution in [3.05, 3.63) is 53.9 Å². The Hall–Kier alpha value is -2.63. The molecule has 1 amide bonds. The highest BCUT2D eigenvalue weighted by molar-refractivity contribution is 5.95. The molecule has 2 aromatic rings. The van der Waals surface area contributed by atoms with Crippen LogP contribution >= 0.6 is 0 Å². The predicted octanol–water partition coefficient (Wildman–Crippen LogP) is 1.19. The van der Waals surface area contributed by atoms with Gasteiger partial charge in [0.2, 0.25) is 0 Å². The third-order valence-electron chi connectivity index (χ3n) is 3.08. The molecule has 0 radical (unpaired) electrons. The van der Waals surface area contributed by atoms with Crippen molar-refractivity contribution in [1.29, 1.82) is 0 Å². The number of carbonyl (C=O) groups excluding carboxylic acids is 1. The molecule has 1 aromatic carbocycles. The van der Waals surface area contributed by atoms with Gasteiger partial charge in [0.1, 0.15) is 6.54 Å². The third-order valence-corrected chi connectivity index (χ3v) is 3.08. The minimum Gasteiger partial charge on any atom is -0.480 e. The first-order valence-electron chi connectivity index (χ1n) is 6.60. The average Bonchev–Trinajstić information content (AvgIpc) is 2.90. The van der Waals surface area contributed by atoms with E-state index in [1.165, 1.54) is 15.8 Å². The van der Waals surface area contributed by atoms with E-state index in [1.807, 2.05) is 30.3 Å². The van der Waals surface area contributed by atoms with Crippen LogP contribution in [0.2, 0.25) is 0 Å². The van der Waals surface area contributed by atoms with Gasteiger partial charge in [0, 0.05) is 19.8 Å². The second kappa shape index (κ2) is 6.69. The molecule has 2 rings (SSSR count). The quantitative estimate of drug-likeness (QED) is 0.866. The molecule has 0 bridgehead atoms. The molecule has 0 aliphatic heterocycles. The number of benzene rings is 1. The fourth-order valence-corrected chi connectivity index (χ4v) is 2.04. The second-order valence-corrected chi connectivity index (χ2v) is 4.76. The van der Waals surface area contributed by atoms with Crippen LogP contribution in [0.5, 0.6) is 0 Å². The number of hydrogen-bond acceptors (Lipinski definition) is 3. The predicted molar refractivity (Wildman–Crippen MR) is 76.9 cm³/mol. The van der Waals surface area contributed by atoms with Crippen LogP contribution in [0.4, 0.5) is 0 Å². The number of carboxylic acid groups (broad SMARTS) is 1.